The Kier molecular flexibility index (Phi) is 4.08. The summed E-state index contributed by atoms with van der Waals surface area (Å²) in [6.45, 7) is 5.73. The van der Waals surface area contributed by atoms with Gasteiger partial charge in [0.15, 0.2) is 0 Å². The number of hydrogen-bond acceptors (Lipinski definition) is 4. The van der Waals surface area contributed by atoms with Crippen LogP contribution in [0.25, 0.3) is 0 Å². The number of rotatable bonds is 4. The van der Waals surface area contributed by atoms with Crippen molar-refractivity contribution in [2.75, 3.05) is 12.4 Å². The number of nitrogens with zero attached hydrogens (tertiary/aromatic N) is 1. The van der Waals surface area contributed by atoms with Gasteiger partial charge in [0.25, 0.3) is 5.91 Å². The van der Waals surface area contributed by atoms with Crippen molar-refractivity contribution in [2.24, 2.45) is 0 Å². The number of furan rings is 1. The highest BCUT2D eigenvalue weighted by atomic mass is 16.3. The molecule has 1 unspecified atom stereocenters. The molecule has 2 aromatic rings. The van der Waals surface area contributed by atoms with Gasteiger partial charge in [-0.05, 0) is 32.9 Å². The van der Waals surface area contributed by atoms with Crippen LogP contribution < -0.4 is 10.6 Å². The zero-order valence-corrected chi connectivity index (χ0v) is 12.2. The molecule has 0 saturated carbocycles. The number of aryl methyl sites for hydroxylation is 2. The van der Waals surface area contributed by atoms with Crippen molar-refractivity contribution in [1.29, 1.82) is 0 Å². The third-order valence-corrected chi connectivity index (χ3v) is 3.23. The van der Waals surface area contributed by atoms with E-state index >= 15 is 0 Å². The van der Waals surface area contributed by atoms with Gasteiger partial charge in [0, 0.05) is 30.7 Å². The van der Waals surface area contributed by atoms with Gasteiger partial charge < -0.3 is 15.1 Å². The number of anilines is 1. The number of pyridine rings is 1. The van der Waals surface area contributed by atoms with Crippen LogP contribution in [0.2, 0.25) is 0 Å². The topological polar surface area (TPSA) is 67.2 Å². The molecule has 2 N–H and O–H groups in total. The molecule has 20 heavy (non-hydrogen) atoms. The third-order valence-electron chi connectivity index (χ3n) is 3.23. The first kappa shape index (κ1) is 14.1. The fourth-order valence-corrected chi connectivity index (χ4v) is 2.23. The van der Waals surface area contributed by atoms with Crippen molar-refractivity contribution in [3.63, 3.8) is 0 Å². The monoisotopic (exact) mass is 273 g/mol. The van der Waals surface area contributed by atoms with Crippen LogP contribution in [0, 0.1) is 13.8 Å². The molecule has 5 heteroatoms. The van der Waals surface area contributed by atoms with E-state index in [1.54, 1.807) is 25.5 Å². The highest BCUT2D eigenvalue weighted by Crippen LogP contribution is 2.22. The Morgan fingerprint density at radius 3 is 2.75 bits per heavy atom. The summed E-state index contributed by atoms with van der Waals surface area (Å²) in [5.74, 6) is 1.51. The van der Waals surface area contributed by atoms with E-state index in [4.69, 9.17) is 4.42 Å². The quantitative estimate of drug-likeness (QED) is 0.899. The lowest BCUT2D eigenvalue weighted by atomic mass is 10.1. The lowest BCUT2D eigenvalue weighted by molar-refractivity contribution is 0.0940. The van der Waals surface area contributed by atoms with E-state index in [9.17, 15) is 4.79 Å². The minimum absolute atomic E-state index is 0.120. The molecule has 0 radical (unpaired) electrons. The number of hydrogen-bond donors (Lipinski definition) is 2. The van der Waals surface area contributed by atoms with E-state index in [-0.39, 0.29) is 11.9 Å². The summed E-state index contributed by atoms with van der Waals surface area (Å²) in [6.07, 6.45) is 3.21. The molecular weight excluding hydrogens is 254 g/mol. The maximum absolute atomic E-state index is 12.3. The average Bonchev–Trinajstić information content (AvgIpc) is 2.77. The molecule has 0 aliphatic heterocycles. The van der Waals surface area contributed by atoms with Crippen LogP contribution >= 0.6 is 0 Å². The van der Waals surface area contributed by atoms with Crippen LogP contribution in [0.3, 0.4) is 0 Å². The zero-order valence-electron chi connectivity index (χ0n) is 12.2. The fourth-order valence-electron chi connectivity index (χ4n) is 2.23. The second kappa shape index (κ2) is 5.77. The van der Waals surface area contributed by atoms with Gasteiger partial charge in [-0.1, -0.05) is 0 Å². The van der Waals surface area contributed by atoms with E-state index in [2.05, 4.69) is 15.6 Å². The van der Waals surface area contributed by atoms with Crippen molar-refractivity contribution in [3.05, 3.63) is 47.2 Å². The molecule has 5 nitrogen and oxygen atoms in total. The van der Waals surface area contributed by atoms with Gasteiger partial charge in [-0.25, -0.2) is 0 Å². The maximum atomic E-state index is 12.3. The van der Waals surface area contributed by atoms with E-state index in [1.165, 1.54) is 0 Å². The smallest absolute Gasteiger partial charge is 0.255 e. The number of carbonyl (C=O) groups is 1. The molecule has 0 spiro atoms. The molecule has 0 aliphatic rings. The molecule has 0 aromatic carbocycles. The Balaban J connectivity index is 2.17. The summed E-state index contributed by atoms with van der Waals surface area (Å²) >= 11 is 0. The number of carbonyl (C=O) groups excluding carboxylic acids is 1. The van der Waals surface area contributed by atoms with Gasteiger partial charge in [-0.2, -0.15) is 0 Å². The van der Waals surface area contributed by atoms with Crippen molar-refractivity contribution < 1.29 is 9.21 Å². The van der Waals surface area contributed by atoms with Crippen LogP contribution in [0.15, 0.2) is 28.9 Å². The van der Waals surface area contributed by atoms with Crippen molar-refractivity contribution in [1.82, 2.24) is 10.3 Å². The molecule has 2 aromatic heterocycles. The Hall–Kier alpha value is -2.30. The molecular formula is C15H19N3O2. The SMILES string of the molecule is CNc1ccncc1C(=O)NC(C)c1cc(C)oc1C. The molecule has 1 atom stereocenters. The Morgan fingerprint density at radius 1 is 1.40 bits per heavy atom. The van der Waals surface area contributed by atoms with Crippen LogP contribution in [0.4, 0.5) is 5.69 Å². The van der Waals surface area contributed by atoms with Crippen molar-refractivity contribution in [3.8, 4) is 0 Å². The van der Waals surface area contributed by atoms with Crippen LogP contribution in [-0.4, -0.2) is 17.9 Å². The van der Waals surface area contributed by atoms with Gasteiger partial charge in [0.2, 0.25) is 0 Å². The first-order valence-electron chi connectivity index (χ1n) is 6.52. The maximum Gasteiger partial charge on any atom is 0.255 e. The highest BCUT2D eigenvalue weighted by molar-refractivity contribution is 5.99. The standard InChI is InChI=1S/C15H19N3O2/c1-9-7-12(11(3)20-9)10(2)18-15(19)13-8-17-6-5-14(13)16-4/h5-8,10H,1-4H3,(H,16,17)(H,18,19). The summed E-state index contributed by atoms with van der Waals surface area (Å²) in [6, 6.07) is 3.60. The van der Waals surface area contributed by atoms with Crippen LogP contribution in [-0.2, 0) is 0 Å². The molecule has 2 rings (SSSR count). The van der Waals surface area contributed by atoms with Gasteiger partial charge in [-0.15, -0.1) is 0 Å². The van der Waals surface area contributed by atoms with E-state index in [0.29, 0.717) is 5.56 Å². The fraction of sp³-hybridized carbons (Fsp3) is 0.333. The number of nitrogens with one attached hydrogen (secondary N) is 2. The van der Waals surface area contributed by atoms with Gasteiger partial charge in [-0.3, -0.25) is 9.78 Å². The predicted octanol–water partition coefficient (Wildman–Crippen LogP) is 2.82. The summed E-state index contributed by atoms with van der Waals surface area (Å²) in [5.41, 5.74) is 2.27. The molecule has 0 bridgehead atoms. The normalized spacial score (nSPS) is 12.0. The second-order valence-corrected chi connectivity index (χ2v) is 4.73. The molecule has 2 heterocycles. The predicted molar refractivity (Wildman–Crippen MR) is 77.8 cm³/mol. The summed E-state index contributed by atoms with van der Waals surface area (Å²) in [5, 5.41) is 5.95. The third kappa shape index (κ3) is 2.82. The van der Waals surface area contributed by atoms with Gasteiger partial charge >= 0.3 is 0 Å². The Labute approximate surface area is 118 Å². The van der Waals surface area contributed by atoms with Crippen molar-refractivity contribution in [2.45, 2.75) is 26.8 Å². The summed E-state index contributed by atoms with van der Waals surface area (Å²) in [4.78, 5) is 16.3. The molecule has 106 valence electrons. The summed E-state index contributed by atoms with van der Waals surface area (Å²) in [7, 11) is 1.78. The first-order chi connectivity index (χ1) is 9.52. The van der Waals surface area contributed by atoms with Gasteiger partial charge in [0.1, 0.15) is 11.5 Å². The highest BCUT2D eigenvalue weighted by Gasteiger charge is 2.17. The number of amides is 1. The van der Waals surface area contributed by atoms with Gasteiger partial charge in [0.05, 0.1) is 11.6 Å². The van der Waals surface area contributed by atoms with E-state index < -0.39 is 0 Å². The zero-order chi connectivity index (χ0) is 14.7. The first-order valence-corrected chi connectivity index (χ1v) is 6.52. The molecule has 0 aliphatic carbocycles. The average molecular weight is 273 g/mol. The van der Waals surface area contributed by atoms with Crippen molar-refractivity contribution >= 4 is 11.6 Å². The number of aromatic nitrogens is 1. The second-order valence-electron chi connectivity index (χ2n) is 4.73. The molecule has 0 fully saturated rings. The van der Waals surface area contributed by atoms with E-state index in [1.807, 2.05) is 26.8 Å². The molecule has 1 amide bonds. The lowest BCUT2D eigenvalue weighted by Gasteiger charge is -2.14. The summed E-state index contributed by atoms with van der Waals surface area (Å²) < 4.78 is 5.49. The van der Waals surface area contributed by atoms with E-state index in [0.717, 1.165) is 22.8 Å². The Morgan fingerprint density at radius 2 is 2.15 bits per heavy atom. The molecule has 0 saturated heterocycles. The van der Waals surface area contributed by atoms with Crippen LogP contribution in [0.5, 0.6) is 0 Å². The largest absolute Gasteiger partial charge is 0.466 e. The Bertz CT molecular complexity index is 619. The minimum Gasteiger partial charge on any atom is -0.466 e. The minimum atomic E-state index is -0.159. The van der Waals surface area contributed by atoms with Crippen LogP contribution in [0.1, 0.15) is 40.4 Å². The lowest BCUT2D eigenvalue weighted by Crippen LogP contribution is -2.27.